The number of nitrogens with one attached hydrogen (secondary N) is 1. The lowest BCUT2D eigenvalue weighted by molar-refractivity contribution is 0.0854. The molecule has 0 aliphatic carbocycles. The average molecular weight is 457 g/mol. The normalized spacial score (nSPS) is 16.9. The van der Waals surface area contributed by atoms with Crippen molar-refractivity contribution in [3.63, 3.8) is 0 Å². The Bertz CT molecular complexity index is 1090. The lowest BCUT2D eigenvalue weighted by Gasteiger charge is -2.11. The standard InChI is InChI=1S/C22H21BrN2O4/c1-27-17-7-5-16(6-8-17)25-22-19(21(26)24-13-18-3-2-10-28-18)12-14-11-15(23)4-9-20(14)29-22/h4-9,11-12,18H,2-3,10,13H2,1H3,(H,24,26). The van der Waals surface area contributed by atoms with E-state index in [2.05, 4.69) is 26.2 Å². The highest BCUT2D eigenvalue weighted by molar-refractivity contribution is 9.10. The first-order valence-electron chi connectivity index (χ1n) is 9.44. The highest BCUT2D eigenvalue weighted by Gasteiger charge is 2.18. The number of carbonyl (C=O) groups is 1. The van der Waals surface area contributed by atoms with Gasteiger partial charge in [0.2, 0.25) is 5.55 Å². The molecule has 4 rings (SSSR count). The summed E-state index contributed by atoms with van der Waals surface area (Å²) in [5, 5.41) is 3.76. The maximum absolute atomic E-state index is 12.9. The van der Waals surface area contributed by atoms with Gasteiger partial charge in [0, 0.05) is 23.0 Å². The summed E-state index contributed by atoms with van der Waals surface area (Å²) in [6.45, 7) is 1.22. The summed E-state index contributed by atoms with van der Waals surface area (Å²) in [5.41, 5.74) is 1.95. The molecule has 0 bridgehead atoms. The molecule has 1 atom stereocenters. The molecule has 7 heteroatoms. The van der Waals surface area contributed by atoms with Gasteiger partial charge in [0.1, 0.15) is 16.9 Å². The van der Waals surface area contributed by atoms with Crippen LogP contribution in [0.25, 0.3) is 11.0 Å². The summed E-state index contributed by atoms with van der Waals surface area (Å²) < 4.78 is 17.7. The van der Waals surface area contributed by atoms with Crippen LogP contribution in [0.3, 0.4) is 0 Å². The SMILES string of the molecule is COc1ccc(N=c2oc3ccc(Br)cc3cc2C(=O)NCC2CCCO2)cc1. The fraction of sp³-hybridized carbons (Fsp3) is 0.273. The van der Waals surface area contributed by atoms with Gasteiger partial charge in [-0.25, -0.2) is 4.99 Å². The lowest BCUT2D eigenvalue weighted by atomic mass is 10.1. The molecule has 29 heavy (non-hydrogen) atoms. The summed E-state index contributed by atoms with van der Waals surface area (Å²) in [6, 6.07) is 14.7. The Morgan fingerprint density at radius 2 is 2.07 bits per heavy atom. The number of nitrogens with zero attached hydrogens (tertiary/aromatic N) is 1. The van der Waals surface area contributed by atoms with E-state index in [4.69, 9.17) is 13.9 Å². The number of methoxy groups -OCH3 is 1. The largest absolute Gasteiger partial charge is 0.497 e. The molecule has 1 aliphatic heterocycles. The summed E-state index contributed by atoms with van der Waals surface area (Å²) in [7, 11) is 1.61. The minimum atomic E-state index is -0.238. The molecular formula is C22H21BrN2O4. The zero-order valence-corrected chi connectivity index (χ0v) is 17.6. The first-order chi connectivity index (χ1) is 14.1. The number of ether oxygens (including phenoxy) is 2. The first-order valence-corrected chi connectivity index (χ1v) is 10.2. The van der Waals surface area contributed by atoms with Gasteiger partial charge in [-0.2, -0.15) is 0 Å². The van der Waals surface area contributed by atoms with Gasteiger partial charge in [0.05, 0.1) is 18.9 Å². The van der Waals surface area contributed by atoms with Gasteiger partial charge in [-0.15, -0.1) is 0 Å². The van der Waals surface area contributed by atoms with Crippen LogP contribution in [-0.4, -0.2) is 32.3 Å². The van der Waals surface area contributed by atoms with E-state index in [9.17, 15) is 4.79 Å². The number of halogens is 1. The van der Waals surface area contributed by atoms with Crippen molar-refractivity contribution in [1.82, 2.24) is 5.32 Å². The van der Waals surface area contributed by atoms with E-state index in [0.29, 0.717) is 23.4 Å². The van der Waals surface area contributed by atoms with E-state index in [-0.39, 0.29) is 17.6 Å². The summed E-state index contributed by atoms with van der Waals surface area (Å²) in [6.07, 6.45) is 2.04. The lowest BCUT2D eigenvalue weighted by Crippen LogP contribution is -2.34. The van der Waals surface area contributed by atoms with Crippen molar-refractivity contribution in [1.29, 1.82) is 0 Å². The molecule has 1 unspecified atom stereocenters. The smallest absolute Gasteiger partial charge is 0.256 e. The number of amides is 1. The van der Waals surface area contributed by atoms with Crippen LogP contribution in [-0.2, 0) is 4.74 Å². The van der Waals surface area contributed by atoms with Gasteiger partial charge in [0.15, 0.2) is 0 Å². The molecule has 0 radical (unpaired) electrons. The molecule has 2 aromatic carbocycles. The van der Waals surface area contributed by atoms with Gasteiger partial charge in [-0.1, -0.05) is 15.9 Å². The van der Waals surface area contributed by atoms with Crippen LogP contribution in [0, 0.1) is 0 Å². The minimum absolute atomic E-state index is 0.0625. The van der Waals surface area contributed by atoms with Crippen LogP contribution in [0.4, 0.5) is 5.69 Å². The predicted octanol–water partition coefficient (Wildman–Crippen LogP) is 4.35. The molecule has 0 spiro atoms. The van der Waals surface area contributed by atoms with Gasteiger partial charge < -0.3 is 19.2 Å². The fourth-order valence-corrected chi connectivity index (χ4v) is 3.61. The Morgan fingerprint density at radius 1 is 1.24 bits per heavy atom. The summed E-state index contributed by atoms with van der Waals surface area (Å²) in [4.78, 5) is 17.5. The fourth-order valence-electron chi connectivity index (χ4n) is 3.23. The molecule has 2 heterocycles. The van der Waals surface area contributed by atoms with Crippen molar-refractivity contribution < 1.29 is 18.7 Å². The molecule has 3 aromatic rings. The van der Waals surface area contributed by atoms with Gasteiger partial charge in [0.25, 0.3) is 5.91 Å². The van der Waals surface area contributed by atoms with Gasteiger partial charge in [-0.3, -0.25) is 4.79 Å². The third kappa shape index (κ3) is 4.68. The zero-order valence-electron chi connectivity index (χ0n) is 16.0. The predicted molar refractivity (Wildman–Crippen MR) is 113 cm³/mol. The third-order valence-corrected chi connectivity index (χ3v) is 5.26. The monoisotopic (exact) mass is 456 g/mol. The Labute approximate surface area is 176 Å². The Hall–Kier alpha value is -2.64. The molecule has 0 saturated carbocycles. The topological polar surface area (TPSA) is 73.1 Å². The Kier molecular flexibility index (Phi) is 5.97. The number of hydrogen-bond donors (Lipinski definition) is 1. The first kappa shape index (κ1) is 19.7. The van der Waals surface area contributed by atoms with Crippen molar-refractivity contribution in [2.45, 2.75) is 18.9 Å². The van der Waals surface area contributed by atoms with Crippen LogP contribution in [0.1, 0.15) is 23.2 Å². The Balaban J connectivity index is 1.73. The minimum Gasteiger partial charge on any atom is -0.497 e. The number of carbonyl (C=O) groups excluding carboxylic acids is 1. The number of rotatable bonds is 5. The Morgan fingerprint density at radius 3 is 2.79 bits per heavy atom. The second-order valence-electron chi connectivity index (χ2n) is 6.80. The van der Waals surface area contributed by atoms with Crippen molar-refractivity contribution in [3.8, 4) is 5.75 Å². The molecule has 1 N–H and O–H groups in total. The van der Waals surface area contributed by atoms with Crippen LogP contribution < -0.4 is 15.6 Å². The maximum Gasteiger partial charge on any atom is 0.256 e. The maximum atomic E-state index is 12.9. The van der Waals surface area contributed by atoms with E-state index in [1.165, 1.54) is 0 Å². The molecule has 150 valence electrons. The molecule has 1 fully saturated rings. The van der Waals surface area contributed by atoms with E-state index in [0.717, 1.165) is 35.1 Å². The third-order valence-electron chi connectivity index (χ3n) is 4.77. The van der Waals surface area contributed by atoms with E-state index < -0.39 is 0 Å². The average Bonchev–Trinajstić information content (AvgIpc) is 3.26. The van der Waals surface area contributed by atoms with Gasteiger partial charge >= 0.3 is 0 Å². The number of hydrogen-bond acceptors (Lipinski definition) is 5. The molecule has 1 amide bonds. The molecule has 1 aliphatic rings. The van der Waals surface area contributed by atoms with Crippen molar-refractivity contribution in [2.75, 3.05) is 20.3 Å². The van der Waals surface area contributed by atoms with E-state index in [1.54, 1.807) is 13.2 Å². The van der Waals surface area contributed by atoms with Crippen molar-refractivity contribution in [2.24, 2.45) is 4.99 Å². The molecule has 6 nitrogen and oxygen atoms in total. The zero-order chi connectivity index (χ0) is 20.2. The number of benzene rings is 2. The van der Waals surface area contributed by atoms with Crippen LogP contribution in [0.15, 0.2) is 62.4 Å². The molecule has 1 saturated heterocycles. The van der Waals surface area contributed by atoms with E-state index >= 15 is 0 Å². The van der Waals surface area contributed by atoms with Crippen molar-refractivity contribution in [3.05, 3.63) is 64.1 Å². The second kappa shape index (κ2) is 8.80. The van der Waals surface area contributed by atoms with Gasteiger partial charge in [-0.05, 0) is 61.4 Å². The second-order valence-corrected chi connectivity index (χ2v) is 7.72. The highest BCUT2D eigenvalue weighted by atomic mass is 79.9. The highest BCUT2D eigenvalue weighted by Crippen LogP contribution is 2.21. The summed E-state index contributed by atoms with van der Waals surface area (Å²) in [5.74, 6) is 0.497. The summed E-state index contributed by atoms with van der Waals surface area (Å²) >= 11 is 3.46. The van der Waals surface area contributed by atoms with E-state index in [1.807, 2.05) is 42.5 Å². The molecule has 1 aromatic heterocycles. The van der Waals surface area contributed by atoms with Crippen LogP contribution in [0.2, 0.25) is 0 Å². The number of fused-ring (bicyclic) bond motifs is 1. The van der Waals surface area contributed by atoms with Crippen LogP contribution in [0.5, 0.6) is 5.75 Å². The quantitative estimate of drug-likeness (QED) is 0.619. The van der Waals surface area contributed by atoms with Crippen molar-refractivity contribution >= 4 is 38.5 Å². The molecular weight excluding hydrogens is 436 g/mol. The van der Waals surface area contributed by atoms with Crippen LogP contribution >= 0.6 is 15.9 Å².